The molecule has 170 valence electrons. The van der Waals surface area contributed by atoms with E-state index < -0.39 is 0 Å². The van der Waals surface area contributed by atoms with Crippen molar-refractivity contribution in [1.82, 2.24) is 0 Å². The number of rotatable bonds is 2. The third kappa shape index (κ3) is 4.13. The van der Waals surface area contributed by atoms with E-state index in [1.807, 2.05) is 0 Å². The Morgan fingerprint density at radius 1 is 0.774 bits per heavy atom. The van der Waals surface area contributed by atoms with Crippen LogP contribution in [0.15, 0.2) is 72.5 Å². The van der Waals surface area contributed by atoms with Crippen molar-refractivity contribution in [3.05, 3.63) is 83.6 Å². The maximum Gasteiger partial charge on any atom is 0.209 e. The molecule has 0 bridgehead atoms. The van der Waals surface area contributed by atoms with Crippen molar-refractivity contribution >= 4 is 17.1 Å². The summed E-state index contributed by atoms with van der Waals surface area (Å²) in [5.41, 5.74) is 8.09. The molecule has 0 N–H and O–H groups in total. The van der Waals surface area contributed by atoms with Crippen LogP contribution < -0.4 is 4.90 Å². The van der Waals surface area contributed by atoms with Crippen LogP contribution in [0.2, 0.25) is 0 Å². The molecule has 0 fully saturated rings. The van der Waals surface area contributed by atoms with E-state index in [0.29, 0.717) is 0 Å². The molecule has 0 unspecified atom stereocenters. The number of benzene rings is 2. The van der Waals surface area contributed by atoms with Crippen molar-refractivity contribution < 1.29 is 4.58 Å². The van der Waals surface area contributed by atoms with Gasteiger partial charge in [-0.05, 0) is 31.6 Å². The number of likely N-dealkylation sites (N-methyl/N-ethyl adjacent to an activating group) is 1. The van der Waals surface area contributed by atoms with Gasteiger partial charge in [-0.25, -0.2) is 0 Å². The van der Waals surface area contributed by atoms with Gasteiger partial charge < -0.3 is 4.90 Å². The third-order valence-corrected chi connectivity index (χ3v) is 6.39. The molecule has 2 aliphatic heterocycles. The first-order valence-electron chi connectivity index (χ1n) is 9.69. The molecule has 0 aliphatic carbocycles. The van der Waals surface area contributed by atoms with Crippen LogP contribution in [-0.4, -0.2) is 24.4 Å². The van der Waals surface area contributed by atoms with Gasteiger partial charge in [-0.15, -0.1) is 0 Å². The van der Waals surface area contributed by atoms with E-state index in [1.165, 1.54) is 33.9 Å². The van der Waals surface area contributed by atoms with Crippen molar-refractivity contribution in [2.45, 2.75) is 68.2 Å². The van der Waals surface area contributed by atoms with Crippen LogP contribution in [0.4, 0.5) is 11.4 Å². The highest BCUT2D eigenvalue weighted by atomic mass is 15.2. The molecule has 0 spiro atoms. The van der Waals surface area contributed by atoms with Gasteiger partial charge in [-0.2, -0.15) is 4.58 Å². The first kappa shape index (κ1) is 28.4. The van der Waals surface area contributed by atoms with E-state index in [-0.39, 0.29) is 40.5 Å². The average molecular weight is 422 g/mol. The van der Waals surface area contributed by atoms with Crippen LogP contribution in [0.1, 0.15) is 68.5 Å². The highest BCUT2D eigenvalue weighted by Gasteiger charge is 2.42. The Bertz CT molecular complexity index is 1000. The number of anilines is 1. The molecule has 0 saturated heterocycles. The Balaban J connectivity index is 0.00000225. The van der Waals surface area contributed by atoms with Gasteiger partial charge in [0.05, 0.1) is 5.41 Å². The fraction of sp³-hybridized carbons (Fsp3) is 0.414. The lowest BCUT2D eigenvalue weighted by Gasteiger charge is -2.23. The summed E-state index contributed by atoms with van der Waals surface area (Å²) in [6, 6.07) is 17.4. The summed E-state index contributed by atoms with van der Waals surface area (Å²) < 4.78 is 2.32. The number of allylic oxidation sites excluding steroid dienone is 4. The SMILES string of the molecule is C.C.C.C.CN1C(=CC=CC2=[N+](C)c3ccccc3C2(C)C)C(C)(C)c2ccccc21. The predicted molar refractivity (Wildman–Crippen MR) is 142 cm³/mol. The van der Waals surface area contributed by atoms with Crippen molar-refractivity contribution in [2.24, 2.45) is 0 Å². The maximum atomic E-state index is 2.32. The van der Waals surface area contributed by atoms with E-state index in [2.05, 4.69) is 118 Å². The molecular weight excluding hydrogens is 376 g/mol. The normalized spacial score (nSPS) is 18.5. The van der Waals surface area contributed by atoms with Gasteiger partial charge in [0, 0.05) is 41.6 Å². The second kappa shape index (κ2) is 9.68. The van der Waals surface area contributed by atoms with Crippen LogP contribution in [0, 0.1) is 0 Å². The van der Waals surface area contributed by atoms with Crippen molar-refractivity contribution in [1.29, 1.82) is 0 Å². The fourth-order valence-electron chi connectivity index (χ4n) is 4.83. The molecular formula is C29H45N2+. The minimum Gasteiger partial charge on any atom is -0.347 e. The molecule has 2 heterocycles. The van der Waals surface area contributed by atoms with Gasteiger partial charge in [0.25, 0.3) is 0 Å². The summed E-state index contributed by atoms with van der Waals surface area (Å²) in [7, 11) is 4.34. The van der Waals surface area contributed by atoms with E-state index in [4.69, 9.17) is 0 Å². The molecule has 0 radical (unpaired) electrons. The van der Waals surface area contributed by atoms with Crippen LogP contribution >= 0.6 is 0 Å². The van der Waals surface area contributed by atoms with Gasteiger partial charge in [0.1, 0.15) is 7.05 Å². The number of fused-ring (bicyclic) bond motifs is 2. The zero-order valence-corrected chi connectivity index (χ0v) is 17.2. The minimum absolute atomic E-state index is 0. The summed E-state index contributed by atoms with van der Waals surface area (Å²) in [5.74, 6) is 0. The fourth-order valence-corrected chi connectivity index (χ4v) is 4.83. The van der Waals surface area contributed by atoms with Crippen LogP contribution in [0.5, 0.6) is 0 Å². The first-order chi connectivity index (χ1) is 12.8. The molecule has 2 heteroatoms. The summed E-state index contributed by atoms with van der Waals surface area (Å²) in [6.45, 7) is 9.24. The number of para-hydroxylation sites is 2. The molecule has 4 rings (SSSR count). The Morgan fingerprint density at radius 3 is 1.90 bits per heavy atom. The number of hydrogen-bond acceptors (Lipinski definition) is 1. The van der Waals surface area contributed by atoms with Crippen LogP contribution in [-0.2, 0) is 10.8 Å². The highest BCUT2D eigenvalue weighted by Crippen LogP contribution is 2.46. The second-order valence-corrected chi connectivity index (χ2v) is 8.70. The Morgan fingerprint density at radius 2 is 1.32 bits per heavy atom. The molecule has 2 aromatic carbocycles. The largest absolute Gasteiger partial charge is 0.347 e. The molecule has 0 amide bonds. The van der Waals surface area contributed by atoms with Crippen LogP contribution in [0.3, 0.4) is 0 Å². The van der Waals surface area contributed by atoms with E-state index >= 15 is 0 Å². The summed E-state index contributed by atoms with van der Waals surface area (Å²) in [4.78, 5) is 2.32. The van der Waals surface area contributed by atoms with Gasteiger partial charge in [0.15, 0.2) is 5.71 Å². The van der Waals surface area contributed by atoms with Crippen molar-refractivity contribution in [3.8, 4) is 0 Å². The minimum atomic E-state index is 0. The van der Waals surface area contributed by atoms with Crippen molar-refractivity contribution in [3.63, 3.8) is 0 Å². The van der Waals surface area contributed by atoms with Gasteiger partial charge in [-0.3, -0.25) is 0 Å². The number of hydrogen-bond donors (Lipinski definition) is 0. The molecule has 2 nitrogen and oxygen atoms in total. The maximum absolute atomic E-state index is 2.32. The predicted octanol–water partition coefficient (Wildman–Crippen LogP) is 8.10. The highest BCUT2D eigenvalue weighted by molar-refractivity contribution is 6.03. The van der Waals surface area contributed by atoms with E-state index in [1.54, 1.807) is 0 Å². The topological polar surface area (TPSA) is 6.25 Å². The molecule has 0 aromatic heterocycles. The molecule has 31 heavy (non-hydrogen) atoms. The number of nitrogens with zero attached hydrogens (tertiary/aromatic N) is 2. The summed E-state index contributed by atoms with van der Waals surface area (Å²) >= 11 is 0. The van der Waals surface area contributed by atoms with Crippen molar-refractivity contribution in [2.75, 3.05) is 19.0 Å². The standard InChI is InChI=1S/C25H29N2.4CH4/c1-24(2)18-12-7-9-14-20(18)26(5)22(24)16-11-17-23-25(3,4)19-13-8-10-15-21(19)27(23)6;;;;/h7-17H,1-6H3;4*1H4/q+1;;;;. The lowest BCUT2D eigenvalue weighted by atomic mass is 9.81. The van der Waals surface area contributed by atoms with Gasteiger partial charge in [0.2, 0.25) is 5.69 Å². The summed E-state index contributed by atoms with van der Waals surface area (Å²) in [6.07, 6.45) is 6.78. The molecule has 2 aromatic rings. The quantitative estimate of drug-likeness (QED) is 0.444. The lowest BCUT2D eigenvalue weighted by molar-refractivity contribution is -0.401. The van der Waals surface area contributed by atoms with Gasteiger partial charge in [-0.1, -0.05) is 86.0 Å². The van der Waals surface area contributed by atoms with Gasteiger partial charge >= 0.3 is 0 Å². The Hall–Kier alpha value is -2.61. The smallest absolute Gasteiger partial charge is 0.209 e. The lowest BCUT2D eigenvalue weighted by Crippen LogP contribution is -2.26. The Kier molecular flexibility index (Phi) is 8.87. The Labute approximate surface area is 192 Å². The second-order valence-electron chi connectivity index (χ2n) is 8.70. The summed E-state index contributed by atoms with van der Waals surface area (Å²) in [5, 5.41) is 0. The van der Waals surface area contributed by atoms with E-state index in [0.717, 1.165) is 0 Å². The molecule has 0 saturated carbocycles. The third-order valence-electron chi connectivity index (χ3n) is 6.39. The van der Waals surface area contributed by atoms with E-state index in [9.17, 15) is 0 Å². The monoisotopic (exact) mass is 421 g/mol. The first-order valence-corrected chi connectivity index (χ1v) is 9.69. The molecule has 2 aliphatic rings. The molecule has 0 atom stereocenters. The van der Waals surface area contributed by atoms with Crippen LogP contribution in [0.25, 0.3) is 0 Å². The zero-order valence-electron chi connectivity index (χ0n) is 17.2. The zero-order chi connectivity index (χ0) is 19.4. The average Bonchev–Trinajstić information content (AvgIpc) is 2.96.